The molecule has 0 saturated heterocycles. The summed E-state index contributed by atoms with van der Waals surface area (Å²) < 4.78 is 3.44. The fraction of sp³-hybridized carbons (Fsp3) is 0.750. The summed E-state index contributed by atoms with van der Waals surface area (Å²) in [6.45, 7) is 3.33. The topological polar surface area (TPSA) is 29.9 Å². The molecule has 88 valence electrons. The summed E-state index contributed by atoms with van der Waals surface area (Å²) in [5, 5.41) is 8.32. The van der Waals surface area contributed by atoms with Crippen LogP contribution in [-0.4, -0.2) is 16.3 Å². The smallest absolute Gasteiger partial charge is 0.139 e. The van der Waals surface area contributed by atoms with E-state index in [1.165, 1.54) is 35.2 Å². The highest BCUT2D eigenvalue weighted by Crippen LogP contribution is 2.43. The molecule has 1 N–H and O–H groups in total. The molecule has 3 nitrogen and oxygen atoms in total. The van der Waals surface area contributed by atoms with Gasteiger partial charge in [0.15, 0.2) is 0 Å². The van der Waals surface area contributed by atoms with Crippen molar-refractivity contribution in [2.75, 3.05) is 11.9 Å². The largest absolute Gasteiger partial charge is 0.369 e. The van der Waals surface area contributed by atoms with E-state index < -0.39 is 0 Å². The summed E-state index contributed by atoms with van der Waals surface area (Å²) in [5.74, 6) is 2.01. The Hall–Kier alpha value is -0.510. The molecule has 2 atom stereocenters. The maximum atomic E-state index is 4.79. The summed E-state index contributed by atoms with van der Waals surface area (Å²) in [7, 11) is 0. The molecule has 3 rings (SSSR count). The van der Waals surface area contributed by atoms with Crippen LogP contribution in [0.4, 0.5) is 5.82 Å². The van der Waals surface area contributed by atoms with E-state index in [2.05, 4.69) is 32.9 Å². The second kappa shape index (κ2) is 4.06. The Bertz CT molecular complexity index is 399. The Labute approximate surface area is 105 Å². The van der Waals surface area contributed by atoms with E-state index in [-0.39, 0.29) is 0 Å². The number of aromatic nitrogens is 2. The lowest BCUT2D eigenvalue weighted by molar-refractivity contribution is 0.345. The van der Waals surface area contributed by atoms with Crippen LogP contribution < -0.4 is 5.32 Å². The molecule has 2 unspecified atom stereocenters. The fourth-order valence-electron chi connectivity index (χ4n) is 3.06. The summed E-state index contributed by atoms with van der Waals surface area (Å²) in [4.78, 5) is 0. The molecule has 1 aliphatic carbocycles. The van der Waals surface area contributed by atoms with E-state index in [1.807, 2.05) is 0 Å². The zero-order chi connectivity index (χ0) is 11.1. The quantitative estimate of drug-likeness (QED) is 0.902. The maximum absolute atomic E-state index is 4.79. The average Bonchev–Trinajstić information content (AvgIpc) is 2.85. The molecule has 2 heterocycles. The zero-order valence-corrected chi connectivity index (χ0v) is 11.3. The first-order valence-electron chi connectivity index (χ1n) is 6.32. The molecule has 0 bridgehead atoms. The van der Waals surface area contributed by atoms with Gasteiger partial charge in [0, 0.05) is 6.54 Å². The molecule has 1 fully saturated rings. The molecule has 0 amide bonds. The Morgan fingerprint density at radius 3 is 3.19 bits per heavy atom. The molecule has 2 aliphatic rings. The van der Waals surface area contributed by atoms with Crippen molar-refractivity contribution in [2.45, 2.75) is 45.1 Å². The summed E-state index contributed by atoms with van der Waals surface area (Å²) in [6, 6.07) is 0.651. The van der Waals surface area contributed by atoms with E-state index in [4.69, 9.17) is 5.10 Å². The normalized spacial score (nSPS) is 27.4. The van der Waals surface area contributed by atoms with Crippen LogP contribution in [0.15, 0.2) is 4.47 Å². The molecule has 0 aromatic carbocycles. The van der Waals surface area contributed by atoms with Crippen molar-refractivity contribution in [2.24, 2.45) is 5.92 Å². The van der Waals surface area contributed by atoms with Crippen LogP contribution in [0.5, 0.6) is 0 Å². The monoisotopic (exact) mass is 283 g/mol. The first-order valence-corrected chi connectivity index (χ1v) is 7.11. The SMILES string of the molecule is CCCc1nn2c(c1Br)NCC1CCCC12. The van der Waals surface area contributed by atoms with Crippen molar-refractivity contribution >= 4 is 21.7 Å². The number of hydrogen-bond donors (Lipinski definition) is 1. The third-order valence-corrected chi connectivity index (χ3v) is 4.70. The minimum absolute atomic E-state index is 0.651. The molecule has 1 aromatic rings. The highest BCUT2D eigenvalue weighted by molar-refractivity contribution is 9.10. The number of nitrogens with one attached hydrogen (secondary N) is 1. The van der Waals surface area contributed by atoms with Crippen molar-refractivity contribution in [3.05, 3.63) is 10.2 Å². The van der Waals surface area contributed by atoms with Crippen LogP contribution in [0.1, 0.15) is 44.3 Å². The summed E-state index contributed by atoms with van der Waals surface area (Å²) >= 11 is 3.69. The standard InChI is InChI=1S/C12H18BrN3/c1-2-4-9-11(13)12-14-7-8-5-3-6-10(8)16(12)15-9/h8,10,14H,2-7H2,1H3. The summed E-state index contributed by atoms with van der Waals surface area (Å²) in [6.07, 6.45) is 6.25. The number of anilines is 1. The van der Waals surface area contributed by atoms with E-state index >= 15 is 0 Å². The van der Waals surface area contributed by atoms with Gasteiger partial charge in [0.25, 0.3) is 0 Å². The second-order valence-corrected chi connectivity index (χ2v) is 5.74. The molecule has 1 aromatic heterocycles. The second-order valence-electron chi connectivity index (χ2n) is 4.94. The van der Waals surface area contributed by atoms with Crippen molar-refractivity contribution in [1.29, 1.82) is 0 Å². The number of nitrogens with zero attached hydrogens (tertiary/aromatic N) is 2. The molecule has 16 heavy (non-hydrogen) atoms. The maximum Gasteiger partial charge on any atom is 0.139 e. The van der Waals surface area contributed by atoms with Gasteiger partial charge in [-0.2, -0.15) is 5.10 Å². The van der Waals surface area contributed by atoms with Crippen molar-refractivity contribution < 1.29 is 0 Å². The predicted octanol–water partition coefficient (Wildman–Crippen LogP) is 3.36. The lowest BCUT2D eigenvalue weighted by Crippen LogP contribution is -2.29. The lowest BCUT2D eigenvalue weighted by atomic mass is 10.0. The molecule has 4 heteroatoms. The van der Waals surface area contributed by atoms with E-state index in [0.29, 0.717) is 6.04 Å². The van der Waals surface area contributed by atoms with Gasteiger partial charge in [-0.3, -0.25) is 0 Å². The lowest BCUT2D eigenvalue weighted by Gasteiger charge is -2.28. The van der Waals surface area contributed by atoms with Gasteiger partial charge in [-0.05, 0) is 41.1 Å². The zero-order valence-electron chi connectivity index (χ0n) is 9.67. The van der Waals surface area contributed by atoms with Gasteiger partial charge in [-0.15, -0.1) is 0 Å². The Morgan fingerprint density at radius 2 is 2.38 bits per heavy atom. The number of rotatable bonds is 2. The van der Waals surface area contributed by atoms with Gasteiger partial charge in [-0.25, -0.2) is 4.68 Å². The van der Waals surface area contributed by atoms with Crippen LogP contribution in [0.2, 0.25) is 0 Å². The number of hydrogen-bond acceptors (Lipinski definition) is 2. The van der Waals surface area contributed by atoms with Gasteiger partial charge < -0.3 is 5.32 Å². The Balaban J connectivity index is 1.99. The van der Waals surface area contributed by atoms with Crippen LogP contribution >= 0.6 is 15.9 Å². The van der Waals surface area contributed by atoms with Crippen LogP contribution in [0.3, 0.4) is 0 Å². The molecule has 1 saturated carbocycles. The van der Waals surface area contributed by atoms with Crippen molar-refractivity contribution in [3.8, 4) is 0 Å². The van der Waals surface area contributed by atoms with E-state index in [9.17, 15) is 0 Å². The van der Waals surface area contributed by atoms with Gasteiger partial charge in [0.1, 0.15) is 5.82 Å². The predicted molar refractivity (Wildman–Crippen MR) is 68.8 cm³/mol. The van der Waals surface area contributed by atoms with Gasteiger partial charge in [0.05, 0.1) is 16.2 Å². The highest BCUT2D eigenvalue weighted by atomic mass is 79.9. The van der Waals surface area contributed by atoms with E-state index in [1.54, 1.807) is 0 Å². The Kier molecular flexibility index (Phi) is 2.70. The van der Waals surface area contributed by atoms with Gasteiger partial charge in [0.2, 0.25) is 0 Å². The number of fused-ring (bicyclic) bond motifs is 3. The molecular formula is C12H18BrN3. The van der Waals surface area contributed by atoms with Crippen molar-refractivity contribution in [3.63, 3.8) is 0 Å². The number of aryl methyl sites for hydroxylation is 1. The van der Waals surface area contributed by atoms with Crippen molar-refractivity contribution in [1.82, 2.24) is 9.78 Å². The molecule has 0 radical (unpaired) electrons. The molecular weight excluding hydrogens is 266 g/mol. The van der Waals surface area contributed by atoms with Crippen LogP contribution in [-0.2, 0) is 6.42 Å². The Morgan fingerprint density at radius 1 is 1.50 bits per heavy atom. The van der Waals surface area contributed by atoms with Crippen LogP contribution in [0, 0.1) is 5.92 Å². The number of halogens is 1. The minimum atomic E-state index is 0.651. The average molecular weight is 284 g/mol. The third kappa shape index (κ3) is 1.50. The minimum Gasteiger partial charge on any atom is -0.369 e. The van der Waals surface area contributed by atoms with Gasteiger partial charge in [-0.1, -0.05) is 19.8 Å². The van der Waals surface area contributed by atoms with E-state index in [0.717, 1.165) is 25.3 Å². The highest BCUT2D eigenvalue weighted by Gasteiger charge is 2.35. The fourth-order valence-corrected chi connectivity index (χ4v) is 3.66. The molecule has 0 spiro atoms. The van der Waals surface area contributed by atoms with Gasteiger partial charge >= 0.3 is 0 Å². The third-order valence-electron chi connectivity index (χ3n) is 3.87. The summed E-state index contributed by atoms with van der Waals surface area (Å²) in [5.41, 5.74) is 1.22. The first-order chi connectivity index (χ1) is 7.81. The molecule has 1 aliphatic heterocycles. The first kappa shape index (κ1) is 10.6. The van der Waals surface area contributed by atoms with Crippen LogP contribution in [0.25, 0.3) is 0 Å².